The van der Waals surface area contributed by atoms with E-state index in [2.05, 4.69) is 21.1 Å². The smallest absolute Gasteiger partial charge is 0.309 e. The number of carbonyl (C=O) groups is 1. The van der Waals surface area contributed by atoms with Crippen molar-refractivity contribution in [3.8, 4) is 0 Å². The van der Waals surface area contributed by atoms with Crippen molar-refractivity contribution in [1.29, 1.82) is 0 Å². The Morgan fingerprint density at radius 3 is 2.42 bits per heavy atom. The van der Waals surface area contributed by atoms with E-state index in [1.54, 1.807) is 0 Å². The molecule has 70 valence electrons. The number of ether oxygens (including phenoxy) is 1. The molecule has 1 aliphatic carbocycles. The monoisotopic (exact) mass is 172 g/mol. The van der Waals surface area contributed by atoms with Crippen LogP contribution in [0.2, 0.25) is 0 Å². The predicted molar refractivity (Wildman–Crippen MR) is 46.6 cm³/mol. The molecule has 1 rings (SSSR count). The number of quaternary nitrogens is 1. The maximum Gasteiger partial charge on any atom is 0.309 e. The zero-order valence-corrected chi connectivity index (χ0v) is 8.17. The second-order valence-corrected chi connectivity index (χ2v) is 4.46. The van der Waals surface area contributed by atoms with Crippen LogP contribution in [0, 0.1) is 5.92 Å². The summed E-state index contributed by atoms with van der Waals surface area (Å²) in [5, 5.41) is 0. The van der Waals surface area contributed by atoms with Crippen LogP contribution in [0.25, 0.3) is 0 Å². The molecule has 0 aromatic carbocycles. The summed E-state index contributed by atoms with van der Waals surface area (Å²) >= 11 is 0. The number of rotatable bonds is 4. The quantitative estimate of drug-likeness (QED) is 0.459. The molecule has 1 aliphatic rings. The lowest BCUT2D eigenvalue weighted by molar-refractivity contribution is -0.870. The van der Waals surface area contributed by atoms with E-state index < -0.39 is 0 Å². The molecule has 0 aromatic rings. The summed E-state index contributed by atoms with van der Waals surface area (Å²) in [6, 6.07) is 0. The van der Waals surface area contributed by atoms with Gasteiger partial charge in [-0.05, 0) is 12.8 Å². The molecule has 0 aromatic heterocycles. The molecule has 0 radical (unpaired) electrons. The molecule has 0 heterocycles. The van der Waals surface area contributed by atoms with Gasteiger partial charge in [0, 0.05) is 0 Å². The molecule has 1 saturated carbocycles. The minimum Gasteiger partial charge on any atom is -0.459 e. The molecular formula is C9H18NO2+. The van der Waals surface area contributed by atoms with Gasteiger partial charge in [0.1, 0.15) is 13.2 Å². The van der Waals surface area contributed by atoms with Crippen molar-refractivity contribution >= 4 is 5.97 Å². The fourth-order valence-corrected chi connectivity index (χ4v) is 0.857. The molecule has 0 amide bonds. The van der Waals surface area contributed by atoms with E-state index in [4.69, 9.17) is 4.74 Å². The Morgan fingerprint density at radius 1 is 1.42 bits per heavy atom. The average molecular weight is 172 g/mol. The van der Waals surface area contributed by atoms with Gasteiger partial charge in [0.2, 0.25) is 0 Å². The molecule has 0 atom stereocenters. The van der Waals surface area contributed by atoms with E-state index in [9.17, 15) is 4.79 Å². The first-order valence-electron chi connectivity index (χ1n) is 4.46. The highest BCUT2D eigenvalue weighted by Gasteiger charge is 2.31. The summed E-state index contributed by atoms with van der Waals surface area (Å²) < 4.78 is 5.93. The summed E-state index contributed by atoms with van der Waals surface area (Å²) in [6.07, 6.45) is 2.06. The fourth-order valence-electron chi connectivity index (χ4n) is 0.857. The van der Waals surface area contributed by atoms with Gasteiger partial charge in [-0.3, -0.25) is 4.79 Å². The maximum atomic E-state index is 11.1. The molecular weight excluding hydrogens is 154 g/mol. The van der Waals surface area contributed by atoms with Gasteiger partial charge in [-0.15, -0.1) is 0 Å². The lowest BCUT2D eigenvalue weighted by atomic mass is 10.4. The van der Waals surface area contributed by atoms with Gasteiger partial charge in [0.15, 0.2) is 0 Å². The Bertz CT molecular complexity index is 168. The van der Waals surface area contributed by atoms with Crippen LogP contribution >= 0.6 is 0 Å². The molecule has 3 nitrogen and oxygen atoms in total. The topological polar surface area (TPSA) is 26.3 Å². The Hall–Kier alpha value is -0.570. The number of esters is 1. The van der Waals surface area contributed by atoms with E-state index in [1.165, 1.54) is 0 Å². The van der Waals surface area contributed by atoms with Crippen molar-refractivity contribution in [2.45, 2.75) is 12.8 Å². The number of nitrogens with zero attached hydrogens (tertiary/aromatic N) is 1. The Balaban J connectivity index is 2.05. The van der Waals surface area contributed by atoms with E-state index >= 15 is 0 Å². The Labute approximate surface area is 73.9 Å². The number of hydrogen-bond donors (Lipinski definition) is 0. The lowest BCUT2D eigenvalue weighted by Gasteiger charge is -2.23. The van der Waals surface area contributed by atoms with E-state index in [1.807, 2.05) is 0 Å². The van der Waals surface area contributed by atoms with Crippen LogP contribution in [-0.4, -0.2) is 44.7 Å². The SMILES string of the molecule is C[N+](C)(C)CCOC(=O)C1CC1. The van der Waals surface area contributed by atoms with Crippen molar-refractivity contribution < 1.29 is 14.0 Å². The van der Waals surface area contributed by atoms with Crippen LogP contribution in [0.4, 0.5) is 0 Å². The Kier molecular flexibility index (Phi) is 2.73. The van der Waals surface area contributed by atoms with Gasteiger partial charge in [-0.25, -0.2) is 0 Å². The molecule has 0 aliphatic heterocycles. The first-order valence-corrected chi connectivity index (χ1v) is 4.46. The minimum atomic E-state index is 0.00319. The maximum absolute atomic E-state index is 11.1. The first-order chi connectivity index (χ1) is 5.49. The molecule has 3 heteroatoms. The Morgan fingerprint density at radius 2 is 2.00 bits per heavy atom. The summed E-state index contributed by atoms with van der Waals surface area (Å²) in [7, 11) is 6.26. The lowest BCUT2D eigenvalue weighted by Crippen LogP contribution is -2.38. The molecule has 0 unspecified atom stereocenters. The third kappa shape index (κ3) is 3.72. The van der Waals surface area contributed by atoms with Gasteiger partial charge in [0.25, 0.3) is 0 Å². The highest BCUT2D eigenvalue weighted by Crippen LogP contribution is 2.29. The number of carbonyl (C=O) groups excluding carboxylic acids is 1. The van der Waals surface area contributed by atoms with Crippen LogP contribution in [0.1, 0.15) is 12.8 Å². The second kappa shape index (κ2) is 3.44. The number of likely N-dealkylation sites (N-methyl/N-ethyl adjacent to an activating group) is 1. The van der Waals surface area contributed by atoms with Crippen molar-refractivity contribution in [3.05, 3.63) is 0 Å². The van der Waals surface area contributed by atoms with Crippen molar-refractivity contribution in [2.24, 2.45) is 5.92 Å². The van der Waals surface area contributed by atoms with Crippen LogP contribution in [0.5, 0.6) is 0 Å². The highest BCUT2D eigenvalue weighted by atomic mass is 16.5. The molecule has 0 saturated heterocycles. The van der Waals surface area contributed by atoms with Gasteiger partial charge in [0.05, 0.1) is 27.1 Å². The molecule has 0 bridgehead atoms. The van der Waals surface area contributed by atoms with Gasteiger partial charge >= 0.3 is 5.97 Å². The molecule has 0 N–H and O–H groups in total. The predicted octanol–water partition coefficient (Wildman–Crippen LogP) is 0.646. The molecule has 0 spiro atoms. The van der Waals surface area contributed by atoms with Crippen molar-refractivity contribution in [3.63, 3.8) is 0 Å². The molecule has 1 fully saturated rings. The van der Waals surface area contributed by atoms with Gasteiger partial charge in [-0.1, -0.05) is 0 Å². The normalized spacial score (nSPS) is 17.6. The van der Waals surface area contributed by atoms with Crippen molar-refractivity contribution in [1.82, 2.24) is 0 Å². The standard InChI is InChI=1S/C9H18NO2/c1-10(2,3)6-7-12-9(11)8-4-5-8/h8H,4-7H2,1-3H3/q+1. The zero-order chi connectivity index (χ0) is 9.19. The number of hydrogen-bond acceptors (Lipinski definition) is 2. The third-order valence-corrected chi connectivity index (χ3v) is 1.92. The third-order valence-electron chi connectivity index (χ3n) is 1.92. The van der Waals surface area contributed by atoms with Crippen LogP contribution < -0.4 is 0 Å². The van der Waals surface area contributed by atoms with Crippen LogP contribution in [-0.2, 0) is 9.53 Å². The zero-order valence-electron chi connectivity index (χ0n) is 8.17. The van der Waals surface area contributed by atoms with Gasteiger partial charge in [-0.2, -0.15) is 0 Å². The fraction of sp³-hybridized carbons (Fsp3) is 0.889. The van der Waals surface area contributed by atoms with Crippen LogP contribution in [0.3, 0.4) is 0 Å². The summed E-state index contributed by atoms with van der Waals surface area (Å²) in [5.41, 5.74) is 0. The minimum absolute atomic E-state index is 0.00319. The summed E-state index contributed by atoms with van der Waals surface area (Å²) in [5.74, 6) is 0.237. The first kappa shape index (κ1) is 9.52. The highest BCUT2D eigenvalue weighted by molar-refractivity contribution is 5.74. The summed E-state index contributed by atoms with van der Waals surface area (Å²) in [4.78, 5) is 11.1. The van der Waals surface area contributed by atoms with E-state index in [-0.39, 0.29) is 11.9 Å². The largest absolute Gasteiger partial charge is 0.459 e. The second-order valence-electron chi connectivity index (χ2n) is 4.46. The molecule has 12 heavy (non-hydrogen) atoms. The summed E-state index contributed by atoms with van der Waals surface area (Å²) in [6.45, 7) is 1.44. The van der Waals surface area contributed by atoms with Crippen LogP contribution in [0.15, 0.2) is 0 Å². The van der Waals surface area contributed by atoms with E-state index in [0.717, 1.165) is 23.9 Å². The average Bonchev–Trinajstić information content (AvgIpc) is 2.64. The van der Waals surface area contributed by atoms with Crippen molar-refractivity contribution in [2.75, 3.05) is 34.3 Å². The van der Waals surface area contributed by atoms with Gasteiger partial charge < -0.3 is 9.22 Å². The van der Waals surface area contributed by atoms with E-state index in [0.29, 0.717) is 6.61 Å².